The number of hydrogen-bond acceptors (Lipinski definition) is 6. The van der Waals surface area contributed by atoms with Gasteiger partial charge in [-0.15, -0.1) is 0 Å². The monoisotopic (exact) mass is 386 g/mol. The van der Waals surface area contributed by atoms with Gasteiger partial charge >= 0.3 is 12.2 Å². The standard InChI is InChI=1S/C19H22N4O5/c1-27-17-12(5-3-4-8-21-18(24)25)9-13(11-22-17)15-7-6-14(10-16(15)20)23-19(26)28-2/h3,5-7,9-11,21H,4,8,20H2,1-2H3,(H,23,26)(H,24,25). The number of aromatic nitrogens is 1. The number of nitrogen functional groups attached to an aromatic ring is 1. The van der Waals surface area contributed by atoms with E-state index in [0.717, 1.165) is 16.7 Å². The molecule has 0 aliphatic carbocycles. The Kier molecular flexibility index (Phi) is 7.21. The fraction of sp³-hybridized carbons (Fsp3) is 0.211. The Hall–Kier alpha value is -3.75. The minimum Gasteiger partial charge on any atom is -0.481 e. The molecule has 5 N–H and O–H groups in total. The summed E-state index contributed by atoms with van der Waals surface area (Å²) in [6.45, 7) is 0.308. The molecule has 2 aromatic rings. The van der Waals surface area contributed by atoms with Crippen LogP contribution in [-0.4, -0.2) is 43.0 Å². The number of carbonyl (C=O) groups is 2. The van der Waals surface area contributed by atoms with Crippen LogP contribution >= 0.6 is 0 Å². The van der Waals surface area contributed by atoms with Crippen molar-refractivity contribution in [2.24, 2.45) is 0 Å². The number of benzene rings is 1. The second kappa shape index (κ2) is 9.81. The van der Waals surface area contributed by atoms with E-state index < -0.39 is 12.2 Å². The number of carboxylic acid groups (broad SMARTS) is 1. The number of nitrogens with two attached hydrogens (primary N) is 1. The number of methoxy groups -OCH3 is 2. The van der Waals surface area contributed by atoms with Crippen LogP contribution in [0.5, 0.6) is 5.88 Å². The summed E-state index contributed by atoms with van der Waals surface area (Å²) in [6, 6.07) is 6.98. The van der Waals surface area contributed by atoms with E-state index in [-0.39, 0.29) is 0 Å². The van der Waals surface area contributed by atoms with Crippen molar-refractivity contribution in [2.75, 3.05) is 31.8 Å². The zero-order valence-corrected chi connectivity index (χ0v) is 15.6. The fourth-order valence-electron chi connectivity index (χ4n) is 2.45. The molecule has 28 heavy (non-hydrogen) atoms. The lowest BCUT2D eigenvalue weighted by atomic mass is 10.0. The van der Waals surface area contributed by atoms with Gasteiger partial charge in [0.15, 0.2) is 0 Å². The van der Waals surface area contributed by atoms with Gasteiger partial charge in [-0.3, -0.25) is 5.32 Å². The van der Waals surface area contributed by atoms with Crippen LogP contribution in [0.25, 0.3) is 17.2 Å². The first-order chi connectivity index (χ1) is 13.4. The van der Waals surface area contributed by atoms with Crippen LogP contribution < -0.4 is 21.1 Å². The molecule has 0 spiro atoms. The summed E-state index contributed by atoms with van der Waals surface area (Å²) >= 11 is 0. The Morgan fingerprint density at radius 1 is 1.29 bits per heavy atom. The lowest BCUT2D eigenvalue weighted by molar-refractivity contribution is 0.187. The molecule has 0 unspecified atom stereocenters. The number of ether oxygens (including phenoxy) is 2. The Labute approximate surface area is 162 Å². The molecule has 0 fully saturated rings. The molecule has 1 heterocycles. The minimum atomic E-state index is -1.06. The summed E-state index contributed by atoms with van der Waals surface area (Å²) in [5, 5.41) is 13.4. The van der Waals surface area contributed by atoms with Crippen molar-refractivity contribution in [1.82, 2.24) is 10.3 Å². The molecule has 0 aliphatic rings. The number of rotatable bonds is 7. The van der Waals surface area contributed by atoms with E-state index in [2.05, 4.69) is 20.4 Å². The molecule has 1 aromatic carbocycles. The van der Waals surface area contributed by atoms with Gasteiger partial charge in [-0.2, -0.15) is 0 Å². The molecule has 9 heteroatoms. The van der Waals surface area contributed by atoms with Crippen LogP contribution in [0.2, 0.25) is 0 Å². The van der Waals surface area contributed by atoms with Crippen LogP contribution in [0.15, 0.2) is 36.5 Å². The van der Waals surface area contributed by atoms with Gasteiger partial charge in [0.2, 0.25) is 5.88 Å². The molecule has 0 aliphatic heterocycles. The predicted molar refractivity (Wildman–Crippen MR) is 106 cm³/mol. The maximum atomic E-state index is 11.3. The van der Waals surface area contributed by atoms with Gasteiger partial charge in [0.05, 0.1) is 14.2 Å². The number of pyridine rings is 1. The van der Waals surface area contributed by atoms with Crippen LogP contribution in [0.1, 0.15) is 12.0 Å². The zero-order valence-electron chi connectivity index (χ0n) is 15.6. The largest absolute Gasteiger partial charge is 0.481 e. The highest BCUT2D eigenvalue weighted by Crippen LogP contribution is 2.31. The SMILES string of the molecule is COC(=O)Nc1ccc(-c2cnc(OC)c(C=CCCNC(=O)O)c2)c(N)c1. The summed E-state index contributed by atoms with van der Waals surface area (Å²) in [5.74, 6) is 0.439. The smallest absolute Gasteiger partial charge is 0.411 e. The minimum absolute atomic E-state index is 0.308. The van der Waals surface area contributed by atoms with Crippen molar-refractivity contribution >= 4 is 29.6 Å². The summed E-state index contributed by atoms with van der Waals surface area (Å²) in [5.41, 5.74) is 9.34. The third-order valence-corrected chi connectivity index (χ3v) is 3.75. The van der Waals surface area contributed by atoms with Crippen molar-refractivity contribution in [2.45, 2.75) is 6.42 Å². The average Bonchev–Trinajstić information content (AvgIpc) is 2.67. The van der Waals surface area contributed by atoms with Gasteiger partial charge < -0.3 is 25.6 Å². The summed E-state index contributed by atoms with van der Waals surface area (Å²) < 4.78 is 9.83. The maximum absolute atomic E-state index is 11.3. The van der Waals surface area contributed by atoms with Crippen LogP contribution in [-0.2, 0) is 4.74 Å². The van der Waals surface area contributed by atoms with Gasteiger partial charge in [-0.05, 0) is 24.6 Å². The number of hydrogen-bond donors (Lipinski definition) is 4. The number of nitrogens with zero attached hydrogens (tertiary/aromatic N) is 1. The molecule has 0 bridgehead atoms. The number of anilines is 2. The van der Waals surface area contributed by atoms with Crippen LogP contribution in [0.3, 0.4) is 0 Å². The average molecular weight is 386 g/mol. The van der Waals surface area contributed by atoms with Gasteiger partial charge in [0.25, 0.3) is 0 Å². The zero-order chi connectivity index (χ0) is 20.5. The van der Waals surface area contributed by atoms with E-state index in [9.17, 15) is 9.59 Å². The molecule has 0 saturated heterocycles. The van der Waals surface area contributed by atoms with Crippen LogP contribution in [0.4, 0.5) is 21.0 Å². The predicted octanol–water partition coefficient (Wildman–Crippen LogP) is 3.19. The highest BCUT2D eigenvalue weighted by Gasteiger charge is 2.10. The van der Waals surface area contributed by atoms with Crippen molar-refractivity contribution in [3.63, 3.8) is 0 Å². The maximum Gasteiger partial charge on any atom is 0.411 e. The molecular weight excluding hydrogens is 364 g/mol. The summed E-state index contributed by atoms with van der Waals surface area (Å²) in [4.78, 5) is 26.1. The molecule has 9 nitrogen and oxygen atoms in total. The Morgan fingerprint density at radius 3 is 2.71 bits per heavy atom. The normalized spacial score (nSPS) is 10.5. The van der Waals surface area contributed by atoms with E-state index in [0.29, 0.717) is 30.2 Å². The van der Waals surface area contributed by atoms with Gasteiger partial charge in [-0.1, -0.05) is 18.2 Å². The lowest BCUT2D eigenvalue weighted by Crippen LogP contribution is -2.21. The second-order valence-corrected chi connectivity index (χ2v) is 5.66. The molecule has 2 amide bonds. The Balaban J connectivity index is 2.23. The van der Waals surface area contributed by atoms with Crippen molar-refractivity contribution in [1.29, 1.82) is 0 Å². The molecule has 148 valence electrons. The van der Waals surface area contributed by atoms with Gasteiger partial charge in [0, 0.05) is 40.8 Å². The van der Waals surface area contributed by atoms with E-state index in [1.807, 2.05) is 18.2 Å². The first-order valence-corrected chi connectivity index (χ1v) is 8.36. The number of nitrogens with one attached hydrogen (secondary N) is 2. The Bertz CT molecular complexity index is 883. The van der Waals surface area contributed by atoms with Crippen molar-refractivity contribution in [3.05, 3.63) is 42.1 Å². The second-order valence-electron chi connectivity index (χ2n) is 5.66. The third-order valence-electron chi connectivity index (χ3n) is 3.75. The van der Waals surface area contributed by atoms with E-state index in [1.165, 1.54) is 14.2 Å². The highest BCUT2D eigenvalue weighted by atomic mass is 16.5. The molecular formula is C19H22N4O5. The van der Waals surface area contributed by atoms with E-state index >= 15 is 0 Å². The molecule has 2 rings (SSSR count). The molecule has 0 radical (unpaired) electrons. The first-order valence-electron chi connectivity index (χ1n) is 8.36. The molecule has 0 atom stereocenters. The number of amides is 2. The van der Waals surface area contributed by atoms with E-state index in [1.54, 1.807) is 24.4 Å². The number of carbonyl (C=O) groups excluding carboxylic acids is 1. The van der Waals surface area contributed by atoms with Crippen LogP contribution in [0, 0.1) is 0 Å². The molecule has 1 aromatic heterocycles. The summed E-state index contributed by atoms with van der Waals surface area (Å²) in [7, 11) is 2.80. The first kappa shape index (κ1) is 20.6. The topological polar surface area (TPSA) is 136 Å². The third kappa shape index (κ3) is 5.63. The highest BCUT2D eigenvalue weighted by molar-refractivity contribution is 5.88. The van der Waals surface area contributed by atoms with Gasteiger partial charge in [0.1, 0.15) is 0 Å². The fourth-order valence-corrected chi connectivity index (χ4v) is 2.45. The van der Waals surface area contributed by atoms with E-state index in [4.69, 9.17) is 15.6 Å². The van der Waals surface area contributed by atoms with Gasteiger partial charge in [-0.25, -0.2) is 14.6 Å². The van der Waals surface area contributed by atoms with Crippen molar-refractivity contribution in [3.8, 4) is 17.0 Å². The quantitative estimate of drug-likeness (QED) is 0.424. The Morgan fingerprint density at radius 2 is 2.07 bits per heavy atom. The molecule has 0 saturated carbocycles. The summed E-state index contributed by atoms with van der Waals surface area (Å²) in [6.07, 6.45) is 4.16. The van der Waals surface area contributed by atoms with Crippen molar-refractivity contribution < 1.29 is 24.2 Å². The lowest BCUT2D eigenvalue weighted by Gasteiger charge is -2.11.